The number of aromatic nitrogens is 1. The molecular weight excluding hydrogens is 240 g/mol. The van der Waals surface area contributed by atoms with Crippen LogP contribution in [0.4, 0.5) is 0 Å². The first-order valence-electron chi connectivity index (χ1n) is 5.74. The Morgan fingerprint density at radius 2 is 2.35 bits per heavy atom. The van der Waals surface area contributed by atoms with Crippen molar-refractivity contribution in [2.75, 3.05) is 19.0 Å². The van der Waals surface area contributed by atoms with Gasteiger partial charge in [0, 0.05) is 31.2 Å². The Labute approximate surface area is 105 Å². The molecular formula is C12H15ClN2O2. The van der Waals surface area contributed by atoms with Crippen molar-refractivity contribution in [2.45, 2.75) is 12.8 Å². The minimum absolute atomic E-state index is 0.0154. The van der Waals surface area contributed by atoms with Crippen LogP contribution in [0.5, 0.6) is 0 Å². The van der Waals surface area contributed by atoms with Crippen molar-refractivity contribution < 1.29 is 4.79 Å². The fourth-order valence-electron chi connectivity index (χ4n) is 2.13. The summed E-state index contributed by atoms with van der Waals surface area (Å²) < 4.78 is 0. The normalized spacial score (nSPS) is 19.6. The number of hydrogen-bond acceptors (Lipinski definition) is 2. The van der Waals surface area contributed by atoms with Gasteiger partial charge in [0.1, 0.15) is 0 Å². The molecule has 1 atom stereocenters. The number of pyridine rings is 1. The van der Waals surface area contributed by atoms with Crippen LogP contribution in [-0.2, 0) is 0 Å². The lowest BCUT2D eigenvalue weighted by Gasteiger charge is -2.16. The molecule has 0 aromatic carbocycles. The SMILES string of the molecule is O=C(c1ccc(=O)[nH]c1)N1CCC(CCCl)C1. The van der Waals surface area contributed by atoms with E-state index in [1.54, 1.807) is 6.07 Å². The van der Waals surface area contributed by atoms with Crippen LogP contribution in [0.1, 0.15) is 23.2 Å². The van der Waals surface area contributed by atoms with E-state index >= 15 is 0 Å². The number of likely N-dealkylation sites (tertiary alicyclic amines) is 1. The summed E-state index contributed by atoms with van der Waals surface area (Å²) in [6, 6.07) is 2.94. The minimum atomic E-state index is -0.192. The number of hydrogen-bond donors (Lipinski definition) is 1. The lowest BCUT2D eigenvalue weighted by Crippen LogP contribution is -2.29. The van der Waals surface area contributed by atoms with E-state index in [0.717, 1.165) is 25.9 Å². The highest BCUT2D eigenvalue weighted by atomic mass is 35.5. The monoisotopic (exact) mass is 254 g/mol. The van der Waals surface area contributed by atoms with Gasteiger partial charge in [0.15, 0.2) is 0 Å². The number of rotatable bonds is 3. The summed E-state index contributed by atoms with van der Waals surface area (Å²) in [5, 5.41) is 0. The zero-order valence-corrected chi connectivity index (χ0v) is 10.2. The Bertz CT molecular complexity index is 438. The van der Waals surface area contributed by atoms with Crippen molar-refractivity contribution in [1.29, 1.82) is 0 Å². The van der Waals surface area contributed by atoms with Gasteiger partial charge in [0.2, 0.25) is 5.56 Å². The number of carbonyl (C=O) groups excluding carboxylic acids is 1. The molecule has 5 heteroatoms. The molecule has 1 aliphatic heterocycles. The molecule has 1 aromatic rings. The largest absolute Gasteiger partial charge is 0.338 e. The third kappa shape index (κ3) is 2.88. The molecule has 1 N–H and O–H groups in total. The first-order valence-corrected chi connectivity index (χ1v) is 6.28. The average molecular weight is 255 g/mol. The van der Waals surface area contributed by atoms with Crippen molar-refractivity contribution in [1.82, 2.24) is 9.88 Å². The van der Waals surface area contributed by atoms with E-state index in [1.165, 1.54) is 12.3 Å². The van der Waals surface area contributed by atoms with Gasteiger partial charge in [-0.15, -0.1) is 11.6 Å². The number of amides is 1. The molecule has 0 aliphatic carbocycles. The summed E-state index contributed by atoms with van der Waals surface area (Å²) in [7, 11) is 0. The van der Waals surface area contributed by atoms with Crippen molar-refractivity contribution >= 4 is 17.5 Å². The lowest BCUT2D eigenvalue weighted by atomic mass is 10.1. The molecule has 1 unspecified atom stereocenters. The van der Waals surface area contributed by atoms with Gasteiger partial charge in [-0.05, 0) is 24.8 Å². The summed E-state index contributed by atoms with van der Waals surface area (Å²) in [6.45, 7) is 1.55. The van der Waals surface area contributed by atoms with Crippen molar-refractivity contribution in [2.24, 2.45) is 5.92 Å². The molecule has 92 valence electrons. The highest BCUT2D eigenvalue weighted by Crippen LogP contribution is 2.21. The lowest BCUT2D eigenvalue weighted by molar-refractivity contribution is 0.0786. The van der Waals surface area contributed by atoms with Crippen LogP contribution in [0.2, 0.25) is 0 Å². The van der Waals surface area contributed by atoms with E-state index in [4.69, 9.17) is 11.6 Å². The zero-order valence-electron chi connectivity index (χ0n) is 9.49. The van der Waals surface area contributed by atoms with E-state index in [1.807, 2.05) is 4.90 Å². The van der Waals surface area contributed by atoms with Gasteiger partial charge in [0.05, 0.1) is 5.56 Å². The number of aromatic amines is 1. The number of carbonyl (C=O) groups is 1. The smallest absolute Gasteiger partial charge is 0.255 e. The molecule has 2 heterocycles. The summed E-state index contributed by atoms with van der Waals surface area (Å²) >= 11 is 5.70. The van der Waals surface area contributed by atoms with Crippen LogP contribution in [0.15, 0.2) is 23.1 Å². The second kappa shape index (κ2) is 5.36. The fraction of sp³-hybridized carbons (Fsp3) is 0.500. The van der Waals surface area contributed by atoms with Gasteiger partial charge >= 0.3 is 0 Å². The highest BCUT2D eigenvalue weighted by Gasteiger charge is 2.26. The minimum Gasteiger partial charge on any atom is -0.338 e. The van der Waals surface area contributed by atoms with Crippen LogP contribution < -0.4 is 5.56 Å². The van der Waals surface area contributed by atoms with Crippen LogP contribution in [-0.4, -0.2) is 34.8 Å². The van der Waals surface area contributed by atoms with Gasteiger partial charge in [-0.2, -0.15) is 0 Å². The van der Waals surface area contributed by atoms with Crippen molar-refractivity contribution in [3.8, 4) is 0 Å². The van der Waals surface area contributed by atoms with Gasteiger partial charge in [0.25, 0.3) is 5.91 Å². The Balaban J connectivity index is 2.02. The number of alkyl halides is 1. The van der Waals surface area contributed by atoms with Gasteiger partial charge in [-0.3, -0.25) is 9.59 Å². The Morgan fingerprint density at radius 3 is 3.00 bits per heavy atom. The maximum atomic E-state index is 12.1. The number of nitrogens with zero attached hydrogens (tertiary/aromatic N) is 1. The number of H-pyrrole nitrogens is 1. The van der Waals surface area contributed by atoms with Crippen LogP contribution in [0, 0.1) is 5.92 Å². The first kappa shape index (κ1) is 12.2. The predicted octanol–water partition coefficient (Wildman–Crippen LogP) is 1.47. The molecule has 1 aliphatic rings. The van der Waals surface area contributed by atoms with E-state index < -0.39 is 0 Å². The van der Waals surface area contributed by atoms with Gasteiger partial charge in [-0.1, -0.05) is 0 Å². The highest BCUT2D eigenvalue weighted by molar-refractivity contribution is 6.17. The Kier molecular flexibility index (Phi) is 3.84. The van der Waals surface area contributed by atoms with Gasteiger partial charge < -0.3 is 9.88 Å². The van der Waals surface area contributed by atoms with E-state index in [-0.39, 0.29) is 11.5 Å². The molecule has 4 nitrogen and oxygen atoms in total. The third-order valence-electron chi connectivity index (χ3n) is 3.12. The van der Waals surface area contributed by atoms with Crippen LogP contribution >= 0.6 is 11.6 Å². The van der Waals surface area contributed by atoms with E-state index in [0.29, 0.717) is 17.4 Å². The summed E-state index contributed by atoms with van der Waals surface area (Å²) in [5.74, 6) is 1.14. The summed E-state index contributed by atoms with van der Waals surface area (Å²) in [5.41, 5.74) is 0.346. The van der Waals surface area contributed by atoms with Crippen molar-refractivity contribution in [3.63, 3.8) is 0 Å². The summed E-state index contributed by atoms with van der Waals surface area (Å²) in [6.07, 6.45) is 3.44. The molecule has 0 spiro atoms. The summed E-state index contributed by atoms with van der Waals surface area (Å²) in [4.78, 5) is 27.3. The molecule has 1 saturated heterocycles. The second-order valence-corrected chi connectivity index (χ2v) is 4.70. The molecule has 0 radical (unpaired) electrons. The van der Waals surface area contributed by atoms with Crippen LogP contribution in [0.25, 0.3) is 0 Å². The molecule has 0 saturated carbocycles. The van der Waals surface area contributed by atoms with Gasteiger partial charge in [-0.25, -0.2) is 0 Å². The number of halogens is 1. The Morgan fingerprint density at radius 1 is 1.53 bits per heavy atom. The topological polar surface area (TPSA) is 53.2 Å². The maximum absolute atomic E-state index is 12.1. The maximum Gasteiger partial charge on any atom is 0.255 e. The molecule has 2 rings (SSSR count). The van der Waals surface area contributed by atoms with Crippen LogP contribution in [0.3, 0.4) is 0 Å². The fourth-order valence-corrected chi connectivity index (χ4v) is 2.44. The van der Waals surface area contributed by atoms with E-state index in [2.05, 4.69) is 4.98 Å². The quantitative estimate of drug-likeness (QED) is 0.831. The average Bonchev–Trinajstić information content (AvgIpc) is 2.78. The molecule has 17 heavy (non-hydrogen) atoms. The zero-order chi connectivity index (χ0) is 12.3. The molecule has 1 aromatic heterocycles. The second-order valence-electron chi connectivity index (χ2n) is 4.33. The predicted molar refractivity (Wildman–Crippen MR) is 66.4 cm³/mol. The number of nitrogens with one attached hydrogen (secondary N) is 1. The van der Waals surface area contributed by atoms with Crippen molar-refractivity contribution in [3.05, 3.63) is 34.2 Å². The molecule has 1 fully saturated rings. The molecule has 1 amide bonds. The van der Waals surface area contributed by atoms with E-state index in [9.17, 15) is 9.59 Å². The first-order chi connectivity index (χ1) is 8.20. The molecule has 0 bridgehead atoms. The third-order valence-corrected chi connectivity index (χ3v) is 3.34. The Hall–Kier alpha value is -1.29. The standard InChI is InChI=1S/C12H15ClN2O2/c13-5-3-9-4-6-15(8-9)12(17)10-1-2-11(16)14-7-10/h1-2,7,9H,3-6,8H2,(H,14,16).